The van der Waals surface area contributed by atoms with Crippen LogP contribution in [0.5, 0.6) is 0 Å². The molecule has 1 fully saturated rings. The summed E-state index contributed by atoms with van der Waals surface area (Å²) in [4.78, 5) is 42.1. The lowest BCUT2D eigenvalue weighted by atomic mass is 10.0. The third-order valence-electron chi connectivity index (χ3n) is 8.06. The molecule has 1 N–H and O–H groups in total. The first kappa shape index (κ1) is 27.6. The van der Waals surface area contributed by atoms with Crippen LogP contribution in [0.4, 0.5) is 0 Å². The topological polar surface area (TPSA) is 88.7 Å². The van der Waals surface area contributed by atoms with Gasteiger partial charge in [0.15, 0.2) is 0 Å². The largest absolute Gasteiger partial charge is 0.349 e. The number of hydrogen-bond acceptors (Lipinski definition) is 4. The maximum atomic E-state index is 14.2. The fourth-order valence-electron chi connectivity index (χ4n) is 5.64. The smallest absolute Gasteiger partial charge is 0.261 e. The minimum Gasteiger partial charge on any atom is -0.349 e. The first-order valence-corrected chi connectivity index (χ1v) is 15.4. The van der Waals surface area contributed by atoms with E-state index in [1.165, 1.54) is 0 Å². The highest BCUT2D eigenvalue weighted by Gasteiger charge is 2.30. The van der Waals surface area contributed by atoms with Crippen molar-refractivity contribution in [3.05, 3.63) is 132 Å². The van der Waals surface area contributed by atoms with Crippen LogP contribution in [0, 0.1) is 0 Å². The number of fused-ring (bicyclic) bond motifs is 3. The maximum Gasteiger partial charge on any atom is 0.261 e. The zero-order chi connectivity index (χ0) is 29.7. The molecule has 5 aromatic rings. The van der Waals surface area contributed by atoms with E-state index in [4.69, 9.17) is 16.7 Å². The first-order valence-electron chi connectivity index (χ1n) is 14.2. The number of hydrogen-bond donors (Lipinski definition) is 1. The molecule has 216 valence electrons. The number of aromatic nitrogens is 3. The van der Waals surface area contributed by atoms with Crippen molar-refractivity contribution in [1.82, 2.24) is 24.4 Å². The van der Waals surface area contributed by atoms with Gasteiger partial charge in [0.25, 0.3) is 17.4 Å². The van der Waals surface area contributed by atoms with E-state index >= 15 is 0 Å². The van der Waals surface area contributed by atoms with E-state index < -0.39 is 0 Å². The summed E-state index contributed by atoms with van der Waals surface area (Å²) >= 11 is 9.66. The summed E-state index contributed by atoms with van der Waals surface area (Å²) in [5.41, 5.74) is 5.47. The van der Waals surface area contributed by atoms with Crippen molar-refractivity contribution in [1.29, 1.82) is 0 Å². The van der Waals surface area contributed by atoms with Gasteiger partial charge in [-0.1, -0.05) is 41.9 Å². The van der Waals surface area contributed by atoms with Gasteiger partial charge in [0, 0.05) is 45.7 Å². The highest BCUT2D eigenvalue weighted by Crippen LogP contribution is 2.28. The second-order valence-electron chi connectivity index (χ2n) is 11.0. The van der Waals surface area contributed by atoms with Crippen LogP contribution in [0.3, 0.4) is 0 Å². The van der Waals surface area contributed by atoms with E-state index in [-0.39, 0.29) is 30.0 Å². The zero-order valence-corrected chi connectivity index (χ0v) is 25.4. The third kappa shape index (κ3) is 5.28. The van der Waals surface area contributed by atoms with Gasteiger partial charge in [0.2, 0.25) is 0 Å². The lowest BCUT2D eigenvalue weighted by molar-refractivity contribution is 0.0729. The first-order chi connectivity index (χ1) is 20.9. The predicted octanol–water partition coefficient (Wildman–Crippen LogP) is 5.58. The number of nitrogens with one attached hydrogen (secondary N) is 1. The highest BCUT2D eigenvalue weighted by molar-refractivity contribution is 9.10. The van der Waals surface area contributed by atoms with E-state index in [0.29, 0.717) is 58.1 Å². The minimum absolute atomic E-state index is 0.108. The second kappa shape index (κ2) is 11.1. The zero-order valence-electron chi connectivity index (χ0n) is 23.1. The van der Waals surface area contributed by atoms with Gasteiger partial charge in [-0.05, 0) is 83.2 Å². The molecule has 0 bridgehead atoms. The quantitative estimate of drug-likeness (QED) is 0.259. The number of amides is 2. The number of nitrogens with zero attached hydrogens (tertiary/aromatic N) is 4. The SMILES string of the molecule is O=C(NC1CC1)c1ccc(-n2c(=O)c3c(n4ncc(Cc5ccccc5)c24)CN(C(=O)c2ccc(Br)c(Cl)c2)CC3)cc1. The molecule has 2 aliphatic rings. The monoisotopic (exact) mass is 655 g/mol. The molecule has 1 saturated carbocycles. The Labute approximate surface area is 261 Å². The van der Waals surface area contributed by atoms with Gasteiger partial charge in [-0.3, -0.25) is 19.0 Å². The van der Waals surface area contributed by atoms with Crippen LogP contribution in [0.1, 0.15) is 55.9 Å². The summed E-state index contributed by atoms with van der Waals surface area (Å²) in [5, 5.41) is 8.23. The maximum absolute atomic E-state index is 14.2. The van der Waals surface area contributed by atoms with E-state index in [1.807, 2.05) is 42.5 Å². The molecule has 10 heteroatoms. The van der Waals surface area contributed by atoms with Gasteiger partial charge in [0.1, 0.15) is 5.65 Å². The van der Waals surface area contributed by atoms with Crippen molar-refractivity contribution in [2.24, 2.45) is 0 Å². The number of carbonyl (C=O) groups excluding carboxylic acids is 2. The molecule has 7 rings (SSSR count). The van der Waals surface area contributed by atoms with Crippen molar-refractivity contribution in [2.75, 3.05) is 6.54 Å². The van der Waals surface area contributed by atoms with Crippen molar-refractivity contribution >= 4 is 45.0 Å². The van der Waals surface area contributed by atoms with Crippen LogP contribution in [-0.4, -0.2) is 43.5 Å². The Morgan fingerprint density at radius 3 is 2.47 bits per heavy atom. The van der Waals surface area contributed by atoms with Gasteiger partial charge >= 0.3 is 0 Å². The summed E-state index contributed by atoms with van der Waals surface area (Å²) < 4.78 is 4.21. The van der Waals surface area contributed by atoms with Gasteiger partial charge in [-0.25, -0.2) is 4.52 Å². The van der Waals surface area contributed by atoms with Crippen molar-refractivity contribution in [2.45, 2.75) is 38.3 Å². The Hall–Kier alpha value is -4.21. The van der Waals surface area contributed by atoms with Crippen LogP contribution < -0.4 is 10.9 Å². The molecule has 0 spiro atoms. The predicted molar refractivity (Wildman–Crippen MR) is 168 cm³/mol. The Balaban J connectivity index is 1.32. The molecule has 2 aromatic heterocycles. The van der Waals surface area contributed by atoms with Gasteiger partial charge in [0.05, 0.1) is 29.1 Å². The van der Waals surface area contributed by atoms with Gasteiger partial charge < -0.3 is 10.2 Å². The molecule has 0 unspecified atom stereocenters. The van der Waals surface area contributed by atoms with Crippen molar-refractivity contribution in [3.63, 3.8) is 0 Å². The van der Waals surface area contributed by atoms with E-state index in [0.717, 1.165) is 28.4 Å². The molecular weight excluding hydrogens is 630 g/mol. The fraction of sp³-hybridized carbons (Fsp3) is 0.212. The summed E-state index contributed by atoms with van der Waals surface area (Å²) in [5.74, 6) is -0.267. The Morgan fingerprint density at radius 1 is 1.00 bits per heavy atom. The highest BCUT2D eigenvalue weighted by atomic mass is 79.9. The summed E-state index contributed by atoms with van der Waals surface area (Å²) in [6.45, 7) is 0.625. The van der Waals surface area contributed by atoms with Crippen LogP contribution in [0.25, 0.3) is 11.3 Å². The second-order valence-corrected chi connectivity index (χ2v) is 12.3. The summed E-state index contributed by atoms with van der Waals surface area (Å²) in [6.07, 6.45) is 4.78. The lowest BCUT2D eigenvalue weighted by Crippen LogP contribution is -2.41. The molecule has 1 aliphatic carbocycles. The van der Waals surface area contributed by atoms with Crippen molar-refractivity contribution < 1.29 is 9.59 Å². The van der Waals surface area contributed by atoms with E-state index in [1.54, 1.807) is 50.5 Å². The molecule has 3 aromatic carbocycles. The van der Waals surface area contributed by atoms with Gasteiger partial charge in [-0.15, -0.1) is 0 Å². The molecular formula is C33H27BrClN5O3. The summed E-state index contributed by atoms with van der Waals surface area (Å²) in [7, 11) is 0. The number of benzene rings is 3. The lowest BCUT2D eigenvalue weighted by Gasteiger charge is -2.30. The van der Waals surface area contributed by atoms with Gasteiger partial charge in [-0.2, -0.15) is 5.10 Å². The number of rotatable bonds is 6. The molecule has 8 nitrogen and oxygen atoms in total. The normalized spacial score (nSPS) is 14.5. The molecule has 2 amide bonds. The molecule has 1 aliphatic heterocycles. The molecule has 3 heterocycles. The Morgan fingerprint density at radius 2 is 1.74 bits per heavy atom. The standard InChI is InChI=1S/C33H27BrClN5O3/c34-27-13-8-22(17-28(27)35)32(42)38-15-14-26-29(19-38)40-31(23(18-36-40)16-20-4-2-1-3-5-20)39(33(26)43)25-11-6-21(7-12-25)30(41)37-24-9-10-24/h1-8,11-13,17-18,24H,9-10,14-16,19H2,(H,37,41). The molecule has 0 atom stereocenters. The van der Waals surface area contributed by atoms with Crippen LogP contribution >= 0.6 is 27.5 Å². The summed E-state index contributed by atoms with van der Waals surface area (Å²) in [6, 6.07) is 22.6. The Kier molecular flexibility index (Phi) is 7.15. The van der Waals surface area contributed by atoms with E-state index in [2.05, 4.69) is 21.2 Å². The van der Waals surface area contributed by atoms with Crippen LogP contribution in [0.2, 0.25) is 5.02 Å². The van der Waals surface area contributed by atoms with Crippen LogP contribution in [-0.2, 0) is 19.4 Å². The van der Waals surface area contributed by atoms with E-state index in [9.17, 15) is 14.4 Å². The molecule has 0 radical (unpaired) electrons. The minimum atomic E-state index is -0.158. The molecule has 0 saturated heterocycles. The van der Waals surface area contributed by atoms with Crippen LogP contribution in [0.15, 0.2) is 88.3 Å². The van der Waals surface area contributed by atoms with Crippen molar-refractivity contribution in [3.8, 4) is 5.69 Å². The average Bonchev–Trinajstić information content (AvgIpc) is 3.76. The third-order valence-corrected chi connectivity index (χ3v) is 9.29. The molecule has 43 heavy (non-hydrogen) atoms. The average molecular weight is 657 g/mol. The number of halogens is 2. The number of carbonyl (C=O) groups is 2. The fourth-order valence-corrected chi connectivity index (χ4v) is 6.06. The Bertz CT molecular complexity index is 1950.